The van der Waals surface area contributed by atoms with Gasteiger partial charge < -0.3 is 9.40 Å². The molecule has 0 aliphatic heterocycles. The van der Waals surface area contributed by atoms with Crippen molar-refractivity contribution in [2.24, 2.45) is 0 Å². The topological polar surface area (TPSA) is 114 Å². The molecule has 0 spiro atoms. The van der Waals surface area contributed by atoms with E-state index >= 15 is 0 Å². The summed E-state index contributed by atoms with van der Waals surface area (Å²) in [4.78, 5) is 7.43. The van der Waals surface area contributed by atoms with Gasteiger partial charge in [0, 0.05) is 17.8 Å². The first-order valence-corrected chi connectivity index (χ1v) is 10.4. The number of H-pyrrole nitrogens is 1. The number of aromatic amines is 1. The molecule has 142 valence electrons. The largest absolute Gasteiger partial charge is 0.419 e. The van der Waals surface area contributed by atoms with Crippen LogP contribution in [0.1, 0.15) is 48.0 Å². The van der Waals surface area contributed by atoms with E-state index in [1.165, 1.54) is 6.42 Å². The normalized spacial score (nSPS) is 15.0. The van der Waals surface area contributed by atoms with Gasteiger partial charge in [-0.25, -0.2) is 13.1 Å². The molecule has 0 atom stereocenters. The third-order valence-electron chi connectivity index (χ3n) is 4.92. The number of rotatable bonds is 6. The molecular formula is C18H21N5O3S. The van der Waals surface area contributed by atoms with Gasteiger partial charge in [0.2, 0.25) is 15.9 Å². The van der Waals surface area contributed by atoms with Crippen LogP contribution in [0.2, 0.25) is 0 Å². The van der Waals surface area contributed by atoms with Crippen LogP contribution >= 0.6 is 0 Å². The first-order valence-electron chi connectivity index (χ1n) is 8.88. The number of pyridine rings is 1. The van der Waals surface area contributed by atoms with E-state index in [0.717, 1.165) is 12.8 Å². The molecule has 3 aromatic heterocycles. The molecular weight excluding hydrogens is 366 g/mol. The van der Waals surface area contributed by atoms with Crippen LogP contribution in [0.15, 0.2) is 33.7 Å². The number of nitrogens with one attached hydrogen (secondary N) is 2. The van der Waals surface area contributed by atoms with Crippen molar-refractivity contribution in [1.82, 2.24) is 24.9 Å². The monoisotopic (exact) mass is 387 g/mol. The Hall–Kier alpha value is -2.52. The van der Waals surface area contributed by atoms with Gasteiger partial charge in [-0.15, -0.1) is 10.2 Å². The van der Waals surface area contributed by atoms with Gasteiger partial charge >= 0.3 is 0 Å². The summed E-state index contributed by atoms with van der Waals surface area (Å²) in [5.41, 5.74) is 2.28. The van der Waals surface area contributed by atoms with Gasteiger partial charge in [0.1, 0.15) is 10.6 Å². The van der Waals surface area contributed by atoms with Crippen molar-refractivity contribution in [3.63, 3.8) is 0 Å². The molecule has 3 aromatic rings. The van der Waals surface area contributed by atoms with Crippen LogP contribution in [0.5, 0.6) is 0 Å². The lowest BCUT2D eigenvalue weighted by molar-refractivity contribution is 0.338. The third-order valence-corrected chi connectivity index (χ3v) is 6.59. The SMILES string of the molecule is Cc1[nH]c(-c2nnc(C3CCC3)o2)c(C)c1S(=O)(=O)NCc1ccccn1. The van der Waals surface area contributed by atoms with Crippen LogP contribution in [0.25, 0.3) is 11.6 Å². The molecule has 27 heavy (non-hydrogen) atoms. The minimum Gasteiger partial charge on any atom is -0.419 e. The highest BCUT2D eigenvalue weighted by molar-refractivity contribution is 7.89. The van der Waals surface area contributed by atoms with E-state index in [0.29, 0.717) is 40.3 Å². The van der Waals surface area contributed by atoms with Crippen LogP contribution in [0, 0.1) is 13.8 Å². The molecule has 0 radical (unpaired) electrons. The zero-order chi connectivity index (χ0) is 19.0. The Balaban J connectivity index is 1.60. The van der Waals surface area contributed by atoms with Crippen LogP contribution in [-0.2, 0) is 16.6 Å². The Labute approximate surface area is 157 Å². The highest BCUT2D eigenvalue weighted by Gasteiger charge is 2.29. The van der Waals surface area contributed by atoms with E-state index in [9.17, 15) is 8.42 Å². The Morgan fingerprint density at radius 3 is 2.74 bits per heavy atom. The summed E-state index contributed by atoms with van der Waals surface area (Å²) >= 11 is 0. The number of hydrogen-bond acceptors (Lipinski definition) is 6. The molecule has 0 unspecified atom stereocenters. The van der Waals surface area contributed by atoms with Gasteiger partial charge in [-0.05, 0) is 44.4 Å². The molecule has 0 amide bonds. The van der Waals surface area contributed by atoms with Gasteiger partial charge in [0.15, 0.2) is 0 Å². The maximum absolute atomic E-state index is 12.8. The number of aromatic nitrogens is 4. The van der Waals surface area contributed by atoms with Crippen molar-refractivity contribution in [3.8, 4) is 11.6 Å². The molecule has 0 bridgehead atoms. The molecule has 3 heterocycles. The second-order valence-electron chi connectivity index (χ2n) is 6.80. The van der Waals surface area contributed by atoms with Crippen LogP contribution in [0.4, 0.5) is 0 Å². The highest BCUT2D eigenvalue weighted by atomic mass is 32.2. The van der Waals surface area contributed by atoms with Crippen molar-refractivity contribution in [1.29, 1.82) is 0 Å². The summed E-state index contributed by atoms with van der Waals surface area (Å²) in [6.45, 7) is 3.57. The zero-order valence-corrected chi connectivity index (χ0v) is 16.0. The predicted octanol–water partition coefficient (Wildman–Crippen LogP) is 2.82. The van der Waals surface area contributed by atoms with Crippen molar-refractivity contribution >= 4 is 10.0 Å². The van der Waals surface area contributed by atoms with E-state index in [-0.39, 0.29) is 11.4 Å². The molecule has 1 aliphatic carbocycles. The average molecular weight is 387 g/mol. The molecule has 9 heteroatoms. The number of hydrogen-bond donors (Lipinski definition) is 2. The molecule has 4 rings (SSSR count). The lowest BCUT2D eigenvalue weighted by atomic mass is 9.85. The van der Waals surface area contributed by atoms with Gasteiger partial charge in [-0.1, -0.05) is 12.5 Å². The fourth-order valence-corrected chi connectivity index (χ4v) is 4.69. The number of aryl methyl sites for hydroxylation is 1. The first kappa shape index (κ1) is 17.9. The summed E-state index contributed by atoms with van der Waals surface area (Å²) in [5.74, 6) is 1.27. The van der Waals surface area contributed by atoms with Crippen molar-refractivity contribution < 1.29 is 12.8 Å². The molecule has 1 fully saturated rings. The summed E-state index contributed by atoms with van der Waals surface area (Å²) in [7, 11) is -3.72. The average Bonchev–Trinajstić information content (AvgIpc) is 3.17. The maximum Gasteiger partial charge on any atom is 0.264 e. The van der Waals surface area contributed by atoms with Crippen molar-refractivity contribution in [3.05, 3.63) is 47.2 Å². The van der Waals surface area contributed by atoms with Gasteiger partial charge in [-0.2, -0.15) is 0 Å². The van der Waals surface area contributed by atoms with Gasteiger partial charge in [-0.3, -0.25) is 4.98 Å². The van der Waals surface area contributed by atoms with Crippen LogP contribution < -0.4 is 4.72 Å². The Bertz CT molecular complexity index is 1050. The molecule has 0 aromatic carbocycles. The lowest BCUT2D eigenvalue weighted by Gasteiger charge is -2.20. The minimum atomic E-state index is -3.72. The van der Waals surface area contributed by atoms with Gasteiger partial charge in [0.25, 0.3) is 5.89 Å². The number of nitrogens with zero attached hydrogens (tertiary/aromatic N) is 3. The first-order chi connectivity index (χ1) is 13.0. The van der Waals surface area contributed by atoms with E-state index < -0.39 is 10.0 Å². The second-order valence-corrected chi connectivity index (χ2v) is 8.50. The Morgan fingerprint density at radius 1 is 1.26 bits per heavy atom. The zero-order valence-electron chi connectivity index (χ0n) is 15.2. The lowest BCUT2D eigenvalue weighted by Crippen LogP contribution is -2.24. The number of sulfonamides is 1. The Kier molecular flexibility index (Phi) is 4.56. The summed E-state index contributed by atoms with van der Waals surface area (Å²) in [6, 6.07) is 5.37. The van der Waals surface area contributed by atoms with E-state index in [1.54, 1.807) is 32.2 Å². The third kappa shape index (κ3) is 3.40. The van der Waals surface area contributed by atoms with Crippen molar-refractivity contribution in [2.45, 2.75) is 50.5 Å². The molecule has 1 aliphatic rings. The summed E-state index contributed by atoms with van der Waals surface area (Å²) in [5, 5.41) is 8.23. The quantitative estimate of drug-likeness (QED) is 0.672. The summed E-state index contributed by atoms with van der Waals surface area (Å²) in [6.07, 6.45) is 4.92. The standard InChI is InChI=1S/C18H21N5O3S/c1-11-15(18-23-22-17(26-18)13-6-5-7-13)21-12(2)16(11)27(24,25)20-10-14-8-3-4-9-19-14/h3-4,8-9,13,20-21H,5-7,10H2,1-2H3. The maximum atomic E-state index is 12.8. The van der Waals surface area contributed by atoms with E-state index in [2.05, 4.69) is 24.9 Å². The summed E-state index contributed by atoms with van der Waals surface area (Å²) < 4.78 is 34.1. The molecule has 1 saturated carbocycles. The van der Waals surface area contributed by atoms with Crippen molar-refractivity contribution in [2.75, 3.05) is 0 Å². The Morgan fingerprint density at radius 2 is 2.07 bits per heavy atom. The van der Waals surface area contributed by atoms with Crippen LogP contribution in [0.3, 0.4) is 0 Å². The van der Waals surface area contributed by atoms with Crippen LogP contribution in [-0.4, -0.2) is 28.6 Å². The molecule has 2 N–H and O–H groups in total. The fourth-order valence-electron chi connectivity index (χ4n) is 3.25. The van der Waals surface area contributed by atoms with Gasteiger partial charge in [0.05, 0.1) is 12.2 Å². The second kappa shape index (κ2) is 6.90. The van der Waals surface area contributed by atoms with E-state index in [1.807, 2.05) is 6.07 Å². The minimum absolute atomic E-state index is 0.120. The molecule has 0 saturated heterocycles. The molecule has 8 nitrogen and oxygen atoms in total. The highest BCUT2D eigenvalue weighted by Crippen LogP contribution is 2.37. The predicted molar refractivity (Wildman–Crippen MR) is 98.4 cm³/mol. The van der Waals surface area contributed by atoms with E-state index in [4.69, 9.17) is 4.42 Å². The fraction of sp³-hybridized carbons (Fsp3) is 0.389. The smallest absolute Gasteiger partial charge is 0.264 e.